The third kappa shape index (κ3) is 5.63. The molecule has 4 aromatic carbocycles. The normalized spacial score (nSPS) is 11.8. The number of ketones is 1. The van der Waals surface area contributed by atoms with Crippen LogP contribution in [0.25, 0.3) is 0 Å². The van der Waals surface area contributed by atoms with Crippen LogP contribution in [0, 0.1) is 0 Å². The number of Topliss-reactive ketones (excluding diaryl/α,β-unsaturated/α-hetero) is 1. The number of carbonyl (C=O) groups is 3. The molecule has 0 radical (unpaired) electrons. The Morgan fingerprint density at radius 2 is 1.29 bits per heavy atom. The largest absolute Gasteiger partial charge is 0.463 e. The van der Waals surface area contributed by atoms with E-state index in [0.29, 0.717) is 12.1 Å². The van der Waals surface area contributed by atoms with Gasteiger partial charge in [-0.2, -0.15) is 0 Å². The fraction of sp³-hybridized carbons (Fsp3) is 0.143. The van der Waals surface area contributed by atoms with Gasteiger partial charge in [0.15, 0.2) is 0 Å². The van der Waals surface area contributed by atoms with Crippen LogP contribution in [-0.2, 0) is 37.6 Å². The fourth-order valence-corrected chi connectivity index (χ4v) is 5.45. The first-order chi connectivity index (χ1) is 20.6. The highest BCUT2D eigenvalue weighted by Gasteiger charge is 2.39. The summed E-state index contributed by atoms with van der Waals surface area (Å²) in [4.78, 5) is 43.9. The van der Waals surface area contributed by atoms with Crippen molar-refractivity contribution >= 4 is 18.2 Å². The number of nitrogens with zero attached hydrogens (tertiary/aromatic N) is 3. The van der Waals surface area contributed by atoms with Gasteiger partial charge in [0.1, 0.15) is 11.6 Å². The Balaban J connectivity index is 1.61. The van der Waals surface area contributed by atoms with Crippen LogP contribution in [0.1, 0.15) is 27.9 Å². The molecule has 0 bridgehead atoms. The lowest BCUT2D eigenvalue weighted by atomic mass is 9.77. The molecule has 1 heterocycles. The zero-order valence-electron chi connectivity index (χ0n) is 23.2. The summed E-state index contributed by atoms with van der Waals surface area (Å²) in [6, 6.07) is 38.7. The molecule has 0 aliphatic heterocycles. The van der Waals surface area contributed by atoms with Crippen molar-refractivity contribution < 1.29 is 19.1 Å². The van der Waals surface area contributed by atoms with E-state index >= 15 is 0 Å². The number of aromatic nitrogens is 2. The number of hydrogen-bond acceptors (Lipinski definition) is 5. The van der Waals surface area contributed by atoms with E-state index in [1.165, 1.54) is 4.90 Å². The van der Waals surface area contributed by atoms with Crippen molar-refractivity contribution in [3.05, 3.63) is 162 Å². The van der Waals surface area contributed by atoms with Crippen LogP contribution in [-0.4, -0.2) is 45.8 Å². The summed E-state index contributed by atoms with van der Waals surface area (Å²) >= 11 is 0. The minimum absolute atomic E-state index is 0.0287. The van der Waals surface area contributed by atoms with E-state index in [2.05, 4.69) is 36.4 Å². The second kappa shape index (κ2) is 12.9. The number of ether oxygens (including phenoxy) is 1. The molecule has 5 rings (SSSR count). The van der Waals surface area contributed by atoms with Crippen LogP contribution in [0.5, 0.6) is 0 Å². The number of benzene rings is 4. The van der Waals surface area contributed by atoms with Crippen molar-refractivity contribution in [3.8, 4) is 0 Å². The molecule has 0 spiro atoms. The molecule has 42 heavy (non-hydrogen) atoms. The number of esters is 1. The molecular weight excluding hydrogens is 526 g/mol. The summed E-state index contributed by atoms with van der Waals surface area (Å²) in [5, 5.41) is 0. The Kier molecular flexibility index (Phi) is 8.68. The smallest absolute Gasteiger partial charge is 0.376 e. The molecule has 0 saturated heterocycles. The summed E-state index contributed by atoms with van der Waals surface area (Å²) in [7, 11) is 1.16. The molecule has 1 amide bonds. The van der Waals surface area contributed by atoms with Crippen LogP contribution in [0.4, 0.5) is 0 Å². The number of carbonyl (C=O) groups excluding carboxylic acids is 3. The number of hydrogen-bond donors (Lipinski definition) is 0. The van der Waals surface area contributed by atoms with Gasteiger partial charge in [0.2, 0.25) is 6.41 Å². The molecule has 1 atom stereocenters. The fourth-order valence-electron chi connectivity index (χ4n) is 5.45. The van der Waals surface area contributed by atoms with E-state index in [1.54, 1.807) is 6.33 Å². The third-order valence-electron chi connectivity index (χ3n) is 7.43. The summed E-state index contributed by atoms with van der Waals surface area (Å²) in [6.45, 7) is 0.153. The molecule has 0 unspecified atom stereocenters. The van der Waals surface area contributed by atoms with Crippen molar-refractivity contribution in [2.45, 2.75) is 24.5 Å². The Bertz CT molecular complexity index is 1520. The van der Waals surface area contributed by atoms with Crippen molar-refractivity contribution in [1.82, 2.24) is 14.5 Å². The Labute approximate surface area is 245 Å². The monoisotopic (exact) mass is 557 g/mol. The molecule has 0 fully saturated rings. The van der Waals surface area contributed by atoms with E-state index in [9.17, 15) is 14.4 Å². The van der Waals surface area contributed by atoms with Gasteiger partial charge in [-0.1, -0.05) is 121 Å². The predicted molar refractivity (Wildman–Crippen MR) is 159 cm³/mol. The second-order valence-electron chi connectivity index (χ2n) is 9.92. The molecule has 7 heteroatoms. The summed E-state index contributed by atoms with van der Waals surface area (Å²) < 4.78 is 6.78. The average molecular weight is 558 g/mol. The van der Waals surface area contributed by atoms with Gasteiger partial charge in [0, 0.05) is 19.2 Å². The highest BCUT2D eigenvalue weighted by molar-refractivity contribution is 6.35. The van der Waals surface area contributed by atoms with Gasteiger partial charge >= 0.3 is 5.97 Å². The zero-order chi connectivity index (χ0) is 29.4. The maximum absolute atomic E-state index is 13.2. The van der Waals surface area contributed by atoms with Gasteiger partial charge in [-0.25, -0.2) is 9.78 Å². The lowest BCUT2D eigenvalue weighted by molar-refractivity contribution is -0.154. The van der Waals surface area contributed by atoms with Crippen molar-refractivity contribution in [3.63, 3.8) is 0 Å². The number of imidazole rings is 1. The minimum atomic E-state index is -1.10. The van der Waals surface area contributed by atoms with E-state index in [4.69, 9.17) is 9.72 Å². The number of methoxy groups -OCH3 is 1. The van der Waals surface area contributed by atoms with Gasteiger partial charge in [-0.05, 0) is 22.3 Å². The van der Waals surface area contributed by atoms with Gasteiger partial charge in [0.05, 0.1) is 19.1 Å². The molecule has 210 valence electrons. The summed E-state index contributed by atoms with van der Waals surface area (Å²) in [5.74, 6) is -1.82. The molecular formula is C35H31N3O4. The lowest BCUT2D eigenvalue weighted by Crippen LogP contribution is -2.45. The van der Waals surface area contributed by atoms with Crippen LogP contribution in [0.2, 0.25) is 0 Å². The maximum atomic E-state index is 13.2. The van der Waals surface area contributed by atoms with Crippen LogP contribution in [0.3, 0.4) is 0 Å². The van der Waals surface area contributed by atoms with Gasteiger partial charge < -0.3 is 14.2 Å². The quantitative estimate of drug-likeness (QED) is 0.0930. The first kappa shape index (κ1) is 28.2. The maximum Gasteiger partial charge on any atom is 0.376 e. The Morgan fingerprint density at radius 3 is 1.74 bits per heavy atom. The molecule has 7 nitrogen and oxygen atoms in total. The summed E-state index contributed by atoms with van der Waals surface area (Å²) in [6.07, 6.45) is 4.25. The first-order valence-corrected chi connectivity index (χ1v) is 13.6. The number of amides is 1. The highest BCUT2D eigenvalue weighted by Crippen LogP contribution is 2.40. The van der Waals surface area contributed by atoms with Gasteiger partial charge in [0.25, 0.3) is 5.78 Å². The molecule has 0 N–H and O–H groups in total. The van der Waals surface area contributed by atoms with Crippen LogP contribution < -0.4 is 0 Å². The highest BCUT2D eigenvalue weighted by atomic mass is 16.5. The zero-order valence-corrected chi connectivity index (χ0v) is 23.2. The van der Waals surface area contributed by atoms with Crippen molar-refractivity contribution in [1.29, 1.82) is 0 Å². The third-order valence-corrected chi connectivity index (χ3v) is 7.43. The van der Waals surface area contributed by atoms with Crippen molar-refractivity contribution in [2.24, 2.45) is 0 Å². The molecule has 0 aliphatic carbocycles. The predicted octanol–water partition coefficient (Wildman–Crippen LogP) is 5.04. The summed E-state index contributed by atoms with van der Waals surface area (Å²) in [5.41, 5.74) is 3.65. The minimum Gasteiger partial charge on any atom is -0.463 e. The standard InChI is InChI=1S/C35H31N3O4/c1-42-34(41)33(40)32(37(26-39)23-27-14-6-2-7-15-27)22-31-24-38(25-36-31)35(28-16-8-3-9-17-28,29-18-10-4-11-19-29)30-20-12-5-13-21-30/h2-21,24-26,32H,22-23H2,1H3/t32-/m0/s1. The number of rotatable bonds is 12. The van der Waals surface area contributed by atoms with E-state index in [-0.39, 0.29) is 13.0 Å². The average Bonchev–Trinajstić information content (AvgIpc) is 3.53. The molecule has 5 aromatic rings. The van der Waals surface area contributed by atoms with Gasteiger partial charge in [-0.15, -0.1) is 0 Å². The van der Waals surface area contributed by atoms with E-state index in [0.717, 1.165) is 29.4 Å². The Morgan fingerprint density at radius 1 is 0.810 bits per heavy atom. The molecule has 0 saturated carbocycles. The van der Waals surface area contributed by atoms with Gasteiger partial charge in [-0.3, -0.25) is 9.59 Å². The molecule has 0 aliphatic rings. The molecule has 1 aromatic heterocycles. The topological polar surface area (TPSA) is 81.5 Å². The van der Waals surface area contributed by atoms with E-state index < -0.39 is 23.3 Å². The second-order valence-corrected chi connectivity index (χ2v) is 9.92. The Hall–Kier alpha value is -5.30. The van der Waals surface area contributed by atoms with E-state index in [1.807, 2.05) is 95.7 Å². The van der Waals surface area contributed by atoms with Crippen LogP contribution >= 0.6 is 0 Å². The first-order valence-electron chi connectivity index (χ1n) is 13.6. The van der Waals surface area contributed by atoms with Crippen LogP contribution in [0.15, 0.2) is 134 Å². The van der Waals surface area contributed by atoms with Crippen molar-refractivity contribution in [2.75, 3.05) is 7.11 Å². The SMILES string of the molecule is COC(=O)C(=O)[C@H](Cc1cn(C(c2ccccc2)(c2ccccc2)c2ccccc2)cn1)N(C=O)Cc1ccccc1. The lowest BCUT2D eigenvalue weighted by Gasteiger charge is -2.37.